The molecule has 21 heavy (non-hydrogen) atoms. The van der Waals surface area contributed by atoms with Crippen LogP contribution in [0, 0.1) is 11.8 Å². The summed E-state index contributed by atoms with van der Waals surface area (Å²) >= 11 is 0. The summed E-state index contributed by atoms with van der Waals surface area (Å²) in [6.07, 6.45) is 0. The second kappa shape index (κ2) is 5.55. The molecule has 1 fully saturated rings. The van der Waals surface area contributed by atoms with Crippen LogP contribution < -0.4 is 10.6 Å². The lowest BCUT2D eigenvalue weighted by Crippen LogP contribution is -2.41. The summed E-state index contributed by atoms with van der Waals surface area (Å²) in [7, 11) is 1.60. The molecule has 1 aromatic rings. The van der Waals surface area contributed by atoms with Gasteiger partial charge in [-0.25, -0.2) is 0 Å². The molecule has 2 atom stereocenters. The van der Waals surface area contributed by atoms with Crippen molar-refractivity contribution >= 4 is 29.1 Å². The Hall–Kier alpha value is -2.37. The van der Waals surface area contributed by atoms with Crippen LogP contribution in [-0.2, 0) is 14.4 Å². The number of nitrogen functional groups attached to an aromatic ring is 1. The van der Waals surface area contributed by atoms with E-state index in [-0.39, 0.29) is 36.1 Å². The minimum absolute atomic E-state index is 0.229. The number of amides is 3. The maximum absolute atomic E-state index is 12.2. The number of rotatable bonds is 3. The molecule has 1 heterocycles. The Bertz CT molecular complexity index is 562. The van der Waals surface area contributed by atoms with Crippen molar-refractivity contribution in [3.8, 4) is 0 Å². The average Bonchev–Trinajstić information content (AvgIpc) is 2.65. The lowest BCUT2D eigenvalue weighted by molar-refractivity contribution is -0.142. The van der Waals surface area contributed by atoms with Gasteiger partial charge in [-0.15, -0.1) is 0 Å². The summed E-state index contributed by atoms with van der Waals surface area (Å²) in [6.45, 7) is 3.19. The van der Waals surface area contributed by atoms with E-state index < -0.39 is 0 Å². The number of nitrogens with zero attached hydrogens (tertiary/aromatic N) is 2. The molecule has 6 nitrogen and oxygen atoms in total. The second-order valence-electron chi connectivity index (χ2n) is 5.38. The van der Waals surface area contributed by atoms with Gasteiger partial charge in [0, 0.05) is 30.3 Å². The van der Waals surface area contributed by atoms with Crippen molar-refractivity contribution in [1.29, 1.82) is 0 Å². The molecule has 2 rings (SSSR count). The zero-order valence-corrected chi connectivity index (χ0v) is 12.4. The van der Waals surface area contributed by atoms with Crippen molar-refractivity contribution in [2.24, 2.45) is 11.8 Å². The molecule has 112 valence electrons. The van der Waals surface area contributed by atoms with Crippen molar-refractivity contribution in [3.63, 3.8) is 0 Å². The second-order valence-corrected chi connectivity index (χ2v) is 5.38. The first kappa shape index (κ1) is 15.0. The summed E-state index contributed by atoms with van der Waals surface area (Å²) in [4.78, 5) is 38.7. The number of carbonyl (C=O) groups excluding carboxylic acids is 3. The Morgan fingerprint density at radius 1 is 1.14 bits per heavy atom. The van der Waals surface area contributed by atoms with Gasteiger partial charge in [0.05, 0.1) is 0 Å². The van der Waals surface area contributed by atoms with Gasteiger partial charge >= 0.3 is 0 Å². The van der Waals surface area contributed by atoms with Gasteiger partial charge in [0.25, 0.3) is 0 Å². The predicted molar refractivity (Wildman–Crippen MR) is 79.3 cm³/mol. The molecule has 3 amide bonds. The van der Waals surface area contributed by atoms with Crippen molar-refractivity contribution in [2.75, 3.05) is 24.2 Å². The lowest BCUT2D eigenvalue weighted by atomic mass is 10.00. The standard InChI is InChI=1S/C15H19N3O3/c1-9-10(2)15(21)18(14(9)20)8-13(19)17(3)12-6-4-11(16)5-7-12/h4-7,9-10H,8,16H2,1-3H3. The highest BCUT2D eigenvalue weighted by Crippen LogP contribution is 2.25. The molecule has 0 spiro atoms. The Labute approximate surface area is 123 Å². The molecule has 0 aliphatic carbocycles. The SMILES string of the molecule is CC1C(=O)N(CC(=O)N(C)c2ccc(N)cc2)C(=O)C1C. The third-order valence-corrected chi connectivity index (χ3v) is 4.01. The summed E-state index contributed by atoms with van der Waals surface area (Å²) in [5.74, 6) is -1.62. The highest BCUT2D eigenvalue weighted by atomic mass is 16.2. The minimum atomic E-state index is -0.368. The first-order valence-electron chi connectivity index (χ1n) is 6.80. The van der Waals surface area contributed by atoms with E-state index in [9.17, 15) is 14.4 Å². The summed E-state index contributed by atoms with van der Waals surface area (Å²) in [5, 5.41) is 0. The number of likely N-dealkylation sites (N-methyl/N-ethyl adjacent to an activating group) is 1. The molecule has 0 saturated carbocycles. The van der Waals surface area contributed by atoms with E-state index in [0.29, 0.717) is 11.4 Å². The average molecular weight is 289 g/mol. The van der Waals surface area contributed by atoms with E-state index in [1.54, 1.807) is 45.2 Å². The first-order chi connectivity index (χ1) is 9.82. The van der Waals surface area contributed by atoms with E-state index in [1.807, 2.05) is 0 Å². The van der Waals surface area contributed by atoms with Gasteiger partial charge in [0.1, 0.15) is 6.54 Å². The highest BCUT2D eigenvalue weighted by molar-refractivity contribution is 6.08. The third kappa shape index (κ3) is 2.74. The molecular formula is C15H19N3O3. The van der Waals surface area contributed by atoms with Gasteiger partial charge in [-0.1, -0.05) is 13.8 Å². The Kier molecular flexibility index (Phi) is 3.97. The smallest absolute Gasteiger partial charge is 0.246 e. The summed E-state index contributed by atoms with van der Waals surface area (Å²) in [6, 6.07) is 6.81. The number of carbonyl (C=O) groups is 3. The number of nitrogens with two attached hydrogens (primary N) is 1. The van der Waals surface area contributed by atoms with Crippen LogP contribution in [0.25, 0.3) is 0 Å². The zero-order valence-electron chi connectivity index (χ0n) is 12.4. The molecule has 1 aromatic carbocycles. The predicted octanol–water partition coefficient (Wildman–Crippen LogP) is 0.873. The highest BCUT2D eigenvalue weighted by Gasteiger charge is 2.43. The van der Waals surface area contributed by atoms with E-state index in [0.717, 1.165) is 4.90 Å². The van der Waals surface area contributed by atoms with Gasteiger partial charge < -0.3 is 10.6 Å². The molecule has 1 saturated heterocycles. The summed E-state index contributed by atoms with van der Waals surface area (Å²) < 4.78 is 0. The van der Waals surface area contributed by atoms with Gasteiger partial charge in [0.2, 0.25) is 17.7 Å². The normalized spacial score (nSPS) is 21.8. The fraction of sp³-hybridized carbons (Fsp3) is 0.400. The van der Waals surface area contributed by atoms with Crippen LogP contribution in [0.5, 0.6) is 0 Å². The van der Waals surface area contributed by atoms with Gasteiger partial charge in [-0.05, 0) is 24.3 Å². The van der Waals surface area contributed by atoms with E-state index in [4.69, 9.17) is 5.73 Å². The van der Waals surface area contributed by atoms with Gasteiger partial charge in [0.15, 0.2) is 0 Å². The van der Waals surface area contributed by atoms with Crippen molar-refractivity contribution in [2.45, 2.75) is 13.8 Å². The fourth-order valence-electron chi connectivity index (χ4n) is 2.27. The number of hydrogen-bond acceptors (Lipinski definition) is 4. The number of benzene rings is 1. The van der Waals surface area contributed by atoms with E-state index in [1.165, 1.54) is 4.90 Å². The number of anilines is 2. The number of imide groups is 1. The molecule has 1 aliphatic heterocycles. The third-order valence-electron chi connectivity index (χ3n) is 4.01. The van der Waals surface area contributed by atoms with Gasteiger partial charge in [-0.3, -0.25) is 19.3 Å². The molecule has 0 bridgehead atoms. The Morgan fingerprint density at radius 2 is 1.62 bits per heavy atom. The molecule has 2 N–H and O–H groups in total. The molecule has 6 heteroatoms. The van der Waals surface area contributed by atoms with Crippen molar-refractivity contribution in [3.05, 3.63) is 24.3 Å². The van der Waals surface area contributed by atoms with Crippen LogP contribution in [0.4, 0.5) is 11.4 Å². The Morgan fingerprint density at radius 3 is 2.10 bits per heavy atom. The zero-order chi connectivity index (χ0) is 15.7. The van der Waals surface area contributed by atoms with E-state index in [2.05, 4.69) is 0 Å². The number of likely N-dealkylation sites (tertiary alicyclic amines) is 1. The summed E-state index contributed by atoms with van der Waals surface area (Å²) in [5.41, 5.74) is 6.87. The van der Waals surface area contributed by atoms with Crippen LogP contribution in [0.15, 0.2) is 24.3 Å². The quantitative estimate of drug-likeness (QED) is 0.661. The van der Waals surface area contributed by atoms with Crippen LogP contribution in [0.1, 0.15) is 13.8 Å². The topological polar surface area (TPSA) is 83.7 Å². The lowest BCUT2D eigenvalue weighted by Gasteiger charge is -2.21. The maximum atomic E-state index is 12.2. The van der Waals surface area contributed by atoms with E-state index >= 15 is 0 Å². The fourth-order valence-corrected chi connectivity index (χ4v) is 2.27. The molecule has 0 radical (unpaired) electrons. The van der Waals surface area contributed by atoms with Crippen LogP contribution in [0.2, 0.25) is 0 Å². The van der Waals surface area contributed by atoms with Gasteiger partial charge in [-0.2, -0.15) is 0 Å². The van der Waals surface area contributed by atoms with Crippen LogP contribution in [0.3, 0.4) is 0 Å². The molecular weight excluding hydrogens is 270 g/mol. The Balaban J connectivity index is 2.09. The first-order valence-corrected chi connectivity index (χ1v) is 6.80. The molecule has 0 aromatic heterocycles. The monoisotopic (exact) mass is 289 g/mol. The van der Waals surface area contributed by atoms with Crippen LogP contribution >= 0.6 is 0 Å². The molecule has 1 aliphatic rings. The maximum Gasteiger partial charge on any atom is 0.246 e. The minimum Gasteiger partial charge on any atom is -0.399 e. The molecule has 2 unspecified atom stereocenters. The number of hydrogen-bond donors (Lipinski definition) is 1. The van der Waals surface area contributed by atoms with Crippen LogP contribution in [-0.4, -0.2) is 36.2 Å². The van der Waals surface area contributed by atoms with Crippen molar-refractivity contribution < 1.29 is 14.4 Å². The largest absolute Gasteiger partial charge is 0.399 e. The van der Waals surface area contributed by atoms with Crippen molar-refractivity contribution in [1.82, 2.24) is 4.90 Å².